The van der Waals surface area contributed by atoms with Crippen molar-refractivity contribution in [1.82, 2.24) is 10.2 Å². The van der Waals surface area contributed by atoms with Gasteiger partial charge in [0.15, 0.2) is 0 Å². The SMILES string of the molecule is COc1cc(-c2cccc3cc(C(=O)N4C[C@@H]5CNC(=O)[C@@H]5C4)ccc23)ccc1C(=O)O. The van der Waals surface area contributed by atoms with E-state index in [9.17, 15) is 19.5 Å². The maximum Gasteiger partial charge on any atom is 0.339 e. The smallest absolute Gasteiger partial charge is 0.339 e. The number of fused-ring (bicyclic) bond motifs is 2. The van der Waals surface area contributed by atoms with Crippen molar-refractivity contribution in [2.45, 2.75) is 0 Å². The molecule has 2 aliphatic heterocycles. The molecule has 7 nitrogen and oxygen atoms in total. The molecule has 2 atom stereocenters. The van der Waals surface area contributed by atoms with Crippen LogP contribution in [0.25, 0.3) is 21.9 Å². The number of carbonyl (C=O) groups is 3. The highest BCUT2D eigenvalue weighted by Gasteiger charge is 2.43. The Morgan fingerprint density at radius 1 is 1.09 bits per heavy atom. The molecule has 0 saturated carbocycles. The van der Waals surface area contributed by atoms with E-state index < -0.39 is 5.97 Å². The summed E-state index contributed by atoms with van der Waals surface area (Å²) < 4.78 is 5.27. The van der Waals surface area contributed by atoms with Crippen LogP contribution in [0.1, 0.15) is 20.7 Å². The summed E-state index contributed by atoms with van der Waals surface area (Å²) in [5.74, 6) is -0.678. The van der Waals surface area contributed by atoms with Gasteiger partial charge in [0.05, 0.1) is 13.0 Å². The largest absolute Gasteiger partial charge is 0.496 e. The fourth-order valence-corrected chi connectivity index (χ4v) is 4.79. The average molecular weight is 430 g/mol. The predicted octanol–water partition coefficient (Wildman–Crippen LogP) is 3.03. The summed E-state index contributed by atoms with van der Waals surface area (Å²) in [7, 11) is 1.45. The molecule has 0 bridgehead atoms. The van der Waals surface area contributed by atoms with Crippen LogP contribution in [0.5, 0.6) is 5.75 Å². The van der Waals surface area contributed by atoms with E-state index in [4.69, 9.17) is 4.74 Å². The third-order valence-corrected chi connectivity index (χ3v) is 6.47. The predicted molar refractivity (Wildman–Crippen MR) is 119 cm³/mol. The van der Waals surface area contributed by atoms with Gasteiger partial charge in [-0.15, -0.1) is 0 Å². The zero-order valence-electron chi connectivity index (χ0n) is 17.5. The first-order chi connectivity index (χ1) is 15.5. The summed E-state index contributed by atoms with van der Waals surface area (Å²) in [6.45, 7) is 1.69. The molecule has 2 saturated heterocycles. The molecule has 2 fully saturated rings. The zero-order chi connectivity index (χ0) is 22.4. The molecule has 2 heterocycles. The van der Waals surface area contributed by atoms with Crippen LogP contribution in [-0.2, 0) is 4.79 Å². The summed E-state index contributed by atoms with van der Waals surface area (Å²) in [6.07, 6.45) is 0. The van der Waals surface area contributed by atoms with Crippen LogP contribution in [0.2, 0.25) is 0 Å². The Balaban J connectivity index is 1.47. The Hall–Kier alpha value is -3.87. The van der Waals surface area contributed by atoms with E-state index in [1.165, 1.54) is 13.2 Å². The van der Waals surface area contributed by atoms with Crippen molar-refractivity contribution >= 4 is 28.6 Å². The van der Waals surface area contributed by atoms with E-state index in [0.717, 1.165) is 21.9 Å². The molecule has 162 valence electrons. The topological polar surface area (TPSA) is 95.9 Å². The molecular weight excluding hydrogens is 408 g/mol. The minimum absolute atomic E-state index is 0.0396. The van der Waals surface area contributed by atoms with Gasteiger partial charge >= 0.3 is 5.97 Å². The van der Waals surface area contributed by atoms with Crippen molar-refractivity contribution < 1.29 is 24.2 Å². The van der Waals surface area contributed by atoms with Gasteiger partial charge in [-0.3, -0.25) is 9.59 Å². The van der Waals surface area contributed by atoms with E-state index in [1.807, 2.05) is 36.4 Å². The number of rotatable bonds is 4. The lowest BCUT2D eigenvalue weighted by Gasteiger charge is -2.18. The van der Waals surface area contributed by atoms with Crippen LogP contribution in [0.15, 0.2) is 54.6 Å². The molecule has 2 N–H and O–H groups in total. The van der Waals surface area contributed by atoms with Crippen LogP contribution < -0.4 is 10.1 Å². The van der Waals surface area contributed by atoms with Gasteiger partial charge in [0.25, 0.3) is 5.91 Å². The second-order valence-corrected chi connectivity index (χ2v) is 8.28. The minimum Gasteiger partial charge on any atom is -0.496 e. The molecule has 0 unspecified atom stereocenters. The van der Waals surface area contributed by atoms with Gasteiger partial charge in [-0.25, -0.2) is 4.79 Å². The van der Waals surface area contributed by atoms with Crippen LogP contribution in [0.3, 0.4) is 0 Å². The molecule has 7 heteroatoms. The highest BCUT2D eigenvalue weighted by molar-refractivity contribution is 6.03. The fourth-order valence-electron chi connectivity index (χ4n) is 4.79. The first-order valence-corrected chi connectivity index (χ1v) is 10.5. The number of carboxylic acid groups (broad SMARTS) is 1. The van der Waals surface area contributed by atoms with E-state index in [1.54, 1.807) is 17.0 Å². The Bertz CT molecular complexity index is 1270. The van der Waals surface area contributed by atoms with Gasteiger partial charge in [0.1, 0.15) is 11.3 Å². The highest BCUT2D eigenvalue weighted by atomic mass is 16.5. The van der Waals surface area contributed by atoms with E-state index >= 15 is 0 Å². The number of likely N-dealkylation sites (tertiary alicyclic amines) is 1. The standard InChI is InChI=1S/C25H22N2O5/c1-32-22-10-15(5-8-20(22)25(30)31)18-4-2-3-14-9-16(6-7-19(14)18)24(29)27-12-17-11-26-23(28)21(17)13-27/h2-10,17,21H,11-13H2,1H3,(H,26,28)(H,30,31)/t17-,21+/m0/s1. The summed E-state index contributed by atoms with van der Waals surface area (Å²) >= 11 is 0. The van der Waals surface area contributed by atoms with Crippen molar-refractivity contribution in [2.75, 3.05) is 26.7 Å². The first kappa shape index (κ1) is 20.1. The van der Waals surface area contributed by atoms with Gasteiger partial charge in [0.2, 0.25) is 5.91 Å². The third-order valence-electron chi connectivity index (χ3n) is 6.47. The van der Waals surface area contributed by atoms with E-state index in [-0.39, 0.29) is 29.2 Å². The van der Waals surface area contributed by atoms with E-state index in [2.05, 4.69) is 5.32 Å². The maximum absolute atomic E-state index is 13.1. The zero-order valence-corrected chi connectivity index (χ0v) is 17.5. The summed E-state index contributed by atoms with van der Waals surface area (Å²) in [4.78, 5) is 38.2. The molecule has 3 aromatic carbocycles. The molecular formula is C25H22N2O5. The molecule has 5 rings (SSSR count). The molecule has 0 aromatic heterocycles. The highest BCUT2D eigenvalue weighted by Crippen LogP contribution is 2.34. The Morgan fingerprint density at radius 3 is 2.69 bits per heavy atom. The van der Waals surface area contributed by atoms with Gasteiger partial charge in [-0.1, -0.05) is 30.3 Å². The number of hydrogen-bond donors (Lipinski definition) is 2. The summed E-state index contributed by atoms with van der Waals surface area (Å²) in [6, 6.07) is 16.4. The lowest BCUT2D eigenvalue weighted by molar-refractivity contribution is -0.122. The van der Waals surface area contributed by atoms with Crippen molar-refractivity contribution in [3.05, 3.63) is 65.7 Å². The number of nitrogens with one attached hydrogen (secondary N) is 1. The van der Waals surface area contributed by atoms with Crippen molar-refractivity contribution in [2.24, 2.45) is 11.8 Å². The molecule has 32 heavy (non-hydrogen) atoms. The fraction of sp³-hybridized carbons (Fsp3) is 0.240. The average Bonchev–Trinajstić information content (AvgIpc) is 3.39. The molecule has 0 aliphatic carbocycles. The van der Waals surface area contributed by atoms with Gasteiger partial charge in [0, 0.05) is 31.1 Å². The molecule has 2 amide bonds. The number of amides is 2. The number of ether oxygens (including phenoxy) is 1. The number of carbonyl (C=O) groups excluding carboxylic acids is 2. The Labute approximate surface area is 184 Å². The molecule has 3 aromatic rings. The number of benzene rings is 3. The van der Waals surface area contributed by atoms with Crippen LogP contribution >= 0.6 is 0 Å². The minimum atomic E-state index is -1.04. The molecule has 0 spiro atoms. The van der Waals surface area contributed by atoms with Crippen LogP contribution in [-0.4, -0.2) is 54.5 Å². The monoisotopic (exact) mass is 430 g/mol. The summed E-state index contributed by atoms with van der Waals surface area (Å²) in [5.41, 5.74) is 2.45. The van der Waals surface area contributed by atoms with Gasteiger partial charge < -0.3 is 20.1 Å². The number of hydrogen-bond acceptors (Lipinski definition) is 4. The van der Waals surface area contributed by atoms with Gasteiger partial charge in [-0.05, 0) is 46.2 Å². The second-order valence-electron chi connectivity index (χ2n) is 8.28. The Morgan fingerprint density at radius 2 is 1.94 bits per heavy atom. The van der Waals surface area contributed by atoms with Gasteiger partial charge in [-0.2, -0.15) is 0 Å². The lowest BCUT2D eigenvalue weighted by Crippen LogP contribution is -2.33. The van der Waals surface area contributed by atoms with E-state index in [0.29, 0.717) is 30.9 Å². The normalized spacial score (nSPS) is 19.7. The molecule has 0 radical (unpaired) electrons. The second kappa shape index (κ2) is 7.67. The first-order valence-electron chi connectivity index (χ1n) is 10.5. The lowest BCUT2D eigenvalue weighted by atomic mass is 9.95. The third kappa shape index (κ3) is 3.26. The number of methoxy groups -OCH3 is 1. The van der Waals surface area contributed by atoms with Crippen molar-refractivity contribution in [1.29, 1.82) is 0 Å². The number of aromatic carboxylic acids is 1. The quantitative estimate of drug-likeness (QED) is 0.663. The van der Waals surface area contributed by atoms with Crippen LogP contribution in [0.4, 0.5) is 0 Å². The molecule has 2 aliphatic rings. The van der Waals surface area contributed by atoms with Crippen LogP contribution in [0, 0.1) is 11.8 Å². The van der Waals surface area contributed by atoms with Crippen molar-refractivity contribution in [3.63, 3.8) is 0 Å². The number of carboxylic acids is 1. The Kier molecular flexibility index (Phi) is 4.81. The summed E-state index contributed by atoms with van der Waals surface area (Å²) in [5, 5.41) is 14.1. The number of nitrogens with zero attached hydrogens (tertiary/aromatic N) is 1. The maximum atomic E-state index is 13.1. The van der Waals surface area contributed by atoms with Crippen molar-refractivity contribution in [3.8, 4) is 16.9 Å².